The molecule has 0 aromatic carbocycles. The van der Waals surface area contributed by atoms with Crippen LogP contribution in [0.1, 0.15) is 18.4 Å². The summed E-state index contributed by atoms with van der Waals surface area (Å²) in [5.41, 5.74) is 0.558. The molecule has 108 valence electrons. The van der Waals surface area contributed by atoms with Gasteiger partial charge in [0.25, 0.3) is 0 Å². The molecule has 6 nitrogen and oxygen atoms in total. The first-order valence-electron chi connectivity index (χ1n) is 5.82. The summed E-state index contributed by atoms with van der Waals surface area (Å²) in [5.74, 6) is -1.03. The highest BCUT2D eigenvalue weighted by molar-refractivity contribution is 5.47. The SMILES string of the molecule is CCNc1cc(NCc2ccon2)nc(C(F)(F)F)n1. The van der Waals surface area contributed by atoms with E-state index in [0.29, 0.717) is 12.2 Å². The normalized spacial score (nSPS) is 11.4. The summed E-state index contributed by atoms with van der Waals surface area (Å²) in [6, 6.07) is 3.00. The Labute approximate surface area is 112 Å². The zero-order valence-corrected chi connectivity index (χ0v) is 10.5. The van der Waals surface area contributed by atoms with Crippen molar-refractivity contribution in [3.63, 3.8) is 0 Å². The van der Waals surface area contributed by atoms with Gasteiger partial charge in [-0.15, -0.1) is 0 Å². The van der Waals surface area contributed by atoms with Gasteiger partial charge >= 0.3 is 6.18 Å². The molecule has 0 saturated carbocycles. The zero-order valence-electron chi connectivity index (χ0n) is 10.5. The van der Waals surface area contributed by atoms with Crippen molar-refractivity contribution in [1.82, 2.24) is 15.1 Å². The first kappa shape index (κ1) is 14.1. The van der Waals surface area contributed by atoms with Gasteiger partial charge in [-0.3, -0.25) is 0 Å². The molecule has 0 aliphatic carbocycles. The van der Waals surface area contributed by atoms with E-state index in [-0.39, 0.29) is 18.2 Å². The highest BCUT2D eigenvalue weighted by Crippen LogP contribution is 2.28. The minimum absolute atomic E-state index is 0.0614. The predicted octanol–water partition coefficient (Wildman–Crippen LogP) is 2.53. The number of anilines is 2. The van der Waals surface area contributed by atoms with Crippen LogP contribution in [0.25, 0.3) is 0 Å². The van der Waals surface area contributed by atoms with Crippen LogP contribution in [0.3, 0.4) is 0 Å². The average molecular weight is 287 g/mol. The molecule has 20 heavy (non-hydrogen) atoms. The molecular formula is C11H12F3N5O. The van der Waals surface area contributed by atoms with E-state index in [1.807, 2.05) is 0 Å². The van der Waals surface area contributed by atoms with Crippen LogP contribution in [-0.4, -0.2) is 21.7 Å². The maximum atomic E-state index is 12.7. The predicted molar refractivity (Wildman–Crippen MR) is 65.0 cm³/mol. The van der Waals surface area contributed by atoms with Crippen molar-refractivity contribution in [2.45, 2.75) is 19.6 Å². The summed E-state index contributed by atoms with van der Waals surface area (Å²) >= 11 is 0. The molecule has 2 rings (SSSR count). The average Bonchev–Trinajstić information content (AvgIpc) is 2.88. The summed E-state index contributed by atoms with van der Waals surface area (Å²) in [7, 11) is 0. The summed E-state index contributed by atoms with van der Waals surface area (Å²) in [5, 5.41) is 9.12. The third-order valence-electron chi connectivity index (χ3n) is 2.28. The van der Waals surface area contributed by atoms with Crippen molar-refractivity contribution in [2.75, 3.05) is 17.2 Å². The largest absolute Gasteiger partial charge is 0.451 e. The monoisotopic (exact) mass is 287 g/mol. The minimum atomic E-state index is -4.60. The van der Waals surface area contributed by atoms with Gasteiger partial charge in [0.1, 0.15) is 23.6 Å². The van der Waals surface area contributed by atoms with Crippen LogP contribution in [0.5, 0.6) is 0 Å². The molecule has 2 heterocycles. The van der Waals surface area contributed by atoms with Crippen molar-refractivity contribution in [1.29, 1.82) is 0 Å². The fraction of sp³-hybridized carbons (Fsp3) is 0.364. The molecule has 0 aliphatic rings. The van der Waals surface area contributed by atoms with E-state index >= 15 is 0 Å². The third-order valence-corrected chi connectivity index (χ3v) is 2.28. The van der Waals surface area contributed by atoms with Gasteiger partial charge in [-0.25, -0.2) is 9.97 Å². The van der Waals surface area contributed by atoms with Gasteiger partial charge in [-0.2, -0.15) is 13.2 Å². The Kier molecular flexibility index (Phi) is 4.06. The molecule has 2 N–H and O–H groups in total. The van der Waals surface area contributed by atoms with E-state index in [0.717, 1.165) is 0 Å². The Morgan fingerprint density at radius 3 is 2.45 bits per heavy atom. The summed E-state index contributed by atoms with van der Waals surface area (Å²) in [4.78, 5) is 6.86. The quantitative estimate of drug-likeness (QED) is 0.880. The number of halogens is 3. The van der Waals surface area contributed by atoms with E-state index < -0.39 is 12.0 Å². The molecule has 2 aromatic heterocycles. The lowest BCUT2D eigenvalue weighted by atomic mass is 10.4. The molecule has 0 spiro atoms. The third kappa shape index (κ3) is 3.59. The summed E-state index contributed by atoms with van der Waals surface area (Å²) in [6.07, 6.45) is -3.22. The fourth-order valence-corrected chi connectivity index (χ4v) is 1.45. The lowest BCUT2D eigenvalue weighted by molar-refractivity contribution is -0.144. The second kappa shape index (κ2) is 5.76. The molecule has 0 atom stereocenters. The lowest BCUT2D eigenvalue weighted by Crippen LogP contribution is -2.15. The van der Waals surface area contributed by atoms with Gasteiger partial charge in [0.05, 0.1) is 6.54 Å². The number of hydrogen-bond acceptors (Lipinski definition) is 6. The van der Waals surface area contributed by atoms with Gasteiger partial charge in [-0.1, -0.05) is 5.16 Å². The van der Waals surface area contributed by atoms with Crippen LogP contribution in [0, 0.1) is 0 Å². The van der Waals surface area contributed by atoms with Crippen molar-refractivity contribution >= 4 is 11.6 Å². The second-order valence-electron chi connectivity index (χ2n) is 3.83. The molecule has 0 bridgehead atoms. The van der Waals surface area contributed by atoms with Crippen LogP contribution in [0.4, 0.5) is 24.8 Å². The van der Waals surface area contributed by atoms with Crippen molar-refractivity contribution in [2.24, 2.45) is 0 Å². The van der Waals surface area contributed by atoms with Gasteiger partial charge in [-0.05, 0) is 6.92 Å². The fourth-order valence-electron chi connectivity index (χ4n) is 1.45. The molecule has 0 aliphatic heterocycles. The van der Waals surface area contributed by atoms with E-state index in [9.17, 15) is 13.2 Å². The molecule has 2 aromatic rings. The lowest BCUT2D eigenvalue weighted by Gasteiger charge is -2.11. The zero-order chi connectivity index (χ0) is 14.6. The van der Waals surface area contributed by atoms with Crippen LogP contribution < -0.4 is 10.6 Å². The highest BCUT2D eigenvalue weighted by atomic mass is 19.4. The molecule has 0 fully saturated rings. The second-order valence-corrected chi connectivity index (χ2v) is 3.83. The topological polar surface area (TPSA) is 75.9 Å². The molecule has 0 radical (unpaired) electrons. The first-order chi connectivity index (χ1) is 9.49. The number of hydrogen-bond donors (Lipinski definition) is 2. The Morgan fingerprint density at radius 1 is 1.20 bits per heavy atom. The standard InChI is InChI=1S/C11H12F3N5O/c1-2-15-8-5-9(16-6-7-3-4-20-19-7)18-10(17-8)11(12,13)14/h3-5H,2,6H2,1H3,(H2,15,16,17,18). The smallest absolute Gasteiger partial charge is 0.370 e. The number of aromatic nitrogens is 3. The van der Waals surface area contributed by atoms with Crippen LogP contribution in [0.2, 0.25) is 0 Å². The Hall–Kier alpha value is -2.32. The van der Waals surface area contributed by atoms with Crippen molar-refractivity contribution in [3.8, 4) is 0 Å². The Balaban J connectivity index is 2.20. The highest BCUT2D eigenvalue weighted by Gasteiger charge is 2.35. The van der Waals surface area contributed by atoms with Crippen LogP contribution >= 0.6 is 0 Å². The molecule has 0 unspecified atom stereocenters. The van der Waals surface area contributed by atoms with Gasteiger partial charge in [0.15, 0.2) is 0 Å². The van der Waals surface area contributed by atoms with E-state index in [2.05, 4.69) is 30.3 Å². The van der Waals surface area contributed by atoms with Crippen molar-refractivity contribution < 1.29 is 17.7 Å². The number of nitrogens with one attached hydrogen (secondary N) is 2. The summed E-state index contributed by atoms with van der Waals surface area (Å²) < 4.78 is 42.7. The minimum Gasteiger partial charge on any atom is -0.370 e. The molecule has 9 heteroatoms. The van der Waals surface area contributed by atoms with Gasteiger partial charge in [0, 0.05) is 18.7 Å². The number of alkyl halides is 3. The molecular weight excluding hydrogens is 275 g/mol. The van der Waals surface area contributed by atoms with E-state index in [1.165, 1.54) is 12.3 Å². The number of rotatable bonds is 5. The van der Waals surface area contributed by atoms with Crippen LogP contribution in [-0.2, 0) is 12.7 Å². The van der Waals surface area contributed by atoms with Crippen LogP contribution in [0.15, 0.2) is 22.9 Å². The van der Waals surface area contributed by atoms with Crippen molar-refractivity contribution in [3.05, 3.63) is 29.9 Å². The van der Waals surface area contributed by atoms with Gasteiger partial charge in [0.2, 0.25) is 5.82 Å². The Morgan fingerprint density at radius 2 is 1.90 bits per heavy atom. The van der Waals surface area contributed by atoms with E-state index in [4.69, 9.17) is 0 Å². The first-order valence-corrected chi connectivity index (χ1v) is 5.82. The number of nitrogens with zero attached hydrogens (tertiary/aromatic N) is 3. The molecule has 0 amide bonds. The Bertz CT molecular complexity index is 556. The summed E-state index contributed by atoms with van der Waals surface area (Å²) in [6.45, 7) is 2.42. The van der Waals surface area contributed by atoms with E-state index in [1.54, 1.807) is 13.0 Å². The van der Waals surface area contributed by atoms with Gasteiger partial charge < -0.3 is 15.2 Å². The maximum Gasteiger partial charge on any atom is 0.451 e. The molecule has 0 saturated heterocycles. The maximum absolute atomic E-state index is 12.7.